The van der Waals surface area contributed by atoms with Gasteiger partial charge in [-0.3, -0.25) is 4.79 Å². The minimum absolute atomic E-state index is 0.0469. The zero-order chi connectivity index (χ0) is 12.8. The number of carbonyl (C=O) groups excluding carboxylic acids is 1. The minimum Gasteiger partial charge on any atom is -0.314 e. The van der Waals surface area contributed by atoms with E-state index in [-0.39, 0.29) is 18.7 Å². The number of nitriles is 1. The van der Waals surface area contributed by atoms with E-state index in [0.29, 0.717) is 0 Å². The Bertz CT molecular complexity index is 498. The molecule has 0 fully saturated rings. The Morgan fingerprint density at radius 1 is 1.35 bits per heavy atom. The van der Waals surface area contributed by atoms with Crippen LogP contribution >= 0.6 is 0 Å². The first-order valence-corrected chi connectivity index (χ1v) is 4.65. The largest absolute Gasteiger partial charge is 0.314 e. The molecule has 1 aromatic rings. The Morgan fingerprint density at radius 2 is 2.06 bits per heavy atom. The van der Waals surface area contributed by atoms with Gasteiger partial charge in [0, 0.05) is 5.56 Å². The fourth-order valence-corrected chi connectivity index (χ4v) is 1.21. The highest BCUT2D eigenvalue weighted by atomic mass is 19.2. The number of hydrogen-bond acceptors (Lipinski definition) is 2. The van der Waals surface area contributed by atoms with E-state index in [0.717, 1.165) is 23.1 Å². The van der Waals surface area contributed by atoms with E-state index in [4.69, 9.17) is 11.7 Å². The highest BCUT2D eigenvalue weighted by Gasteiger charge is 2.16. The molecular formula is C12H8F2N2O. The molecule has 0 saturated heterocycles. The molecule has 1 rings (SSSR count). The number of nitrogens with zero attached hydrogens (tertiary/aromatic N) is 2. The predicted molar refractivity (Wildman–Crippen MR) is 56.7 cm³/mol. The number of benzene rings is 1. The van der Waals surface area contributed by atoms with Crippen molar-refractivity contribution in [1.82, 2.24) is 4.90 Å². The molecule has 0 aromatic heterocycles. The summed E-state index contributed by atoms with van der Waals surface area (Å²) in [6.07, 6.45) is 5.04. The standard InChI is InChI=1S/C12H8F2N2O/c1-2-6-16(7-5-15)12(17)9-3-4-10(13)11(14)8-9/h1,3-4,8H,6-7H2. The zero-order valence-electron chi connectivity index (χ0n) is 8.78. The van der Waals surface area contributed by atoms with Gasteiger partial charge in [-0.2, -0.15) is 5.26 Å². The van der Waals surface area contributed by atoms with Gasteiger partial charge in [0.15, 0.2) is 11.6 Å². The molecule has 1 aromatic carbocycles. The summed E-state index contributed by atoms with van der Waals surface area (Å²) in [7, 11) is 0. The molecule has 0 atom stereocenters. The van der Waals surface area contributed by atoms with E-state index in [1.165, 1.54) is 0 Å². The first-order valence-electron chi connectivity index (χ1n) is 4.65. The van der Waals surface area contributed by atoms with Crippen molar-refractivity contribution in [3.8, 4) is 18.4 Å². The maximum absolute atomic E-state index is 12.9. The highest BCUT2D eigenvalue weighted by Crippen LogP contribution is 2.10. The van der Waals surface area contributed by atoms with E-state index >= 15 is 0 Å². The van der Waals surface area contributed by atoms with Crippen molar-refractivity contribution < 1.29 is 13.6 Å². The molecule has 86 valence electrons. The number of halogens is 2. The second kappa shape index (κ2) is 5.62. The lowest BCUT2D eigenvalue weighted by atomic mass is 10.2. The van der Waals surface area contributed by atoms with Crippen LogP contribution in [-0.2, 0) is 0 Å². The first kappa shape index (κ1) is 12.7. The fourth-order valence-electron chi connectivity index (χ4n) is 1.21. The van der Waals surface area contributed by atoms with Gasteiger partial charge < -0.3 is 4.90 Å². The number of rotatable bonds is 3. The summed E-state index contributed by atoms with van der Waals surface area (Å²) in [6.45, 7) is -0.270. The van der Waals surface area contributed by atoms with E-state index in [2.05, 4.69) is 5.92 Å². The molecule has 5 heteroatoms. The Morgan fingerprint density at radius 3 is 2.59 bits per heavy atom. The minimum atomic E-state index is -1.12. The molecular weight excluding hydrogens is 226 g/mol. The molecule has 0 aliphatic carbocycles. The molecule has 0 saturated carbocycles. The summed E-state index contributed by atoms with van der Waals surface area (Å²) in [4.78, 5) is 12.8. The first-order chi connectivity index (χ1) is 8.10. The van der Waals surface area contributed by atoms with Gasteiger partial charge in [0.05, 0.1) is 12.6 Å². The summed E-state index contributed by atoms with van der Waals surface area (Å²) in [6, 6.07) is 4.54. The second-order valence-corrected chi connectivity index (χ2v) is 3.15. The van der Waals surface area contributed by atoms with Crippen LogP contribution in [0.2, 0.25) is 0 Å². The van der Waals surface area contributed by atoms with Crippen LogP contribution in [0.5, 0.6) is 0 Å². The van der Waals surface area contributed by atoms with Gasteiger partial charge in [-0.05, 0) is 18.2 Å². The summed E-state index contributed by atoms with van der Waals surface area (Å²) >= 11 is 0. The lowest BCUT2D eigenvalue weighted by Gasteiger charge is -2.16. The smallest absolute Gasteiger partial charge is 0.255 e. The third kappa shape index (κ3) is 3.02. The van der Waals surface area contributed by atoms with Crippen molar-refractivity contribution in [3.05, 3.63) is 35.4 Å². The number of hydrogen-bond donors (Lipinski definition) is 0. The average Bonchev–Trinajstić information content (AvgIpc) is 2.31. The number of carbonyl (C=O) groups is 1. The molecule has 3 nitrogen and oxygen atoms in total. The zero-order valence-corrected chi connectivity index (χ0v) is 8.78. The van der Waals surface area contributed by atoms with Gasteiger partial charge in [-0.1, -0.05) is 5.92 Å². The van der Waals surface area contributed by atoms with Crippen molar-refractivity contribution in [2.75, 3.05) is 13.1 Å². The van der Waals surface area contributed by atoms with Crippen LogP contribution in [0, 0.1) is 35.3 Å². The Hall–Kier alpha value is -2.40. The van der Waals surface area contributed by atoms with Gasteiger partial charge in [-0.15, -0.1) is 6.42 Å². The molecule has 0 bridgehead atoms. The van der Waals surface area contributed by atoms with Crippen LogP contribution in [0.4, 0.5) is 8.78 Å². The normalized spacial score (nSPS) is 9.18. The Kier molecular flexibility index (Phi) is 4.19. The summed E-state index contributed by atoms with van der Waals surface area (Å²) < 4.78 is 25.6. The summed E-state index contributed by atoms with van der Waals surface area (Å²) in [5.74, 6) is -0.546. The van der Waals surface area contributed by atoms with Crippen LogP contribution in [0.1, 0.15) is 10.4 Å². The quantitative estimate of drug-likeness (QED) is 0.588. The van der Waals surface area contributed by atoms with Crippen molar-refractivity contribution >= 4 is 5.91 Å². The maximum Gasteiger partial charge on any atom is 0.255 e. The second-order valence-electron chi connectivity index (χ2n) is 3.15. The maximum atomic E-state index is 12.9. The average molecular weight is 234 g/mol. The lowest BCUT2D eigenvalue weighted by Crippen LogP contribution is -2.31. The molecule has 17 heavy (non-hydrogen) atoms. The molecule has 0 radical (unpaired) electrons. The van der Waals surface area contributed by atoms with Gasteiger partial charge >= 0.3 is 0 Å². The van der Waals surface area contributed by atoms with Crippen molar-refractivity contribution in [2.45, 2.75) is 0 Å². The van der Waals surface area contributed by atoms with Crippen LogP contribution in [-0.4, -0.2) is 23.9 Å². The van der Waals surface area contributed by atoms with Gasteiger partial charge in [0.1, 0.15) is 6.54 Å². The fraction of sp³-hybridized carbons (Fsp3) is 0.167. The van der Waals surface area contributed by atoms with Gasteiger partial charge in [-0.25, -0.2) is 8.78 Å². The van der Waals surface area contributed by atoms with Crippen LogP contribution in [0.25, 0.3) is 0 Å². The highest BCUT2D eigenvalue weighted by molar-refractivity contribution is 5.94. The van der Waals surface area contributed by atoms with Gasteiger partial charge in [0.2, 0.25) is 0 Å². The van der Waals surface area contributed by atoms with E-state index in [1.807, 2.05) is 0 Å². The SMILES string of the molecule is C#CCN(CC#N)C(=O)c1ccc(F)c(F)c1. The van der Waals surface area contributed by atoms with Crippen LogP contribution in [0.3, 0.4) is 0 Å². The predicted octanol–water partition coefficient (Wildman–Crippen LogP) is 1.56. The third-order valence-electron chi connectivity index (χ3n) is 2.00. The van der Waals surface area contributed by atoms with Crippen LogP contribution in [0.15, 0.2) is 18.2 Å². The number of terminal acetylenes is 1. The summed E-state index contributed by atoms with van der Waals surface area (Å²) in [5.41, 5.74) is -0.0469. The van der Waals surface area contributed by atoms with E-state index in [1.54, 1.807) is 6.07 Å². The van der Waals surface area contributed by atoms with Crippen molar-refractivity contribution in [2.24, 2.45) is 0 Å². The molecule has 0 aliphatic heterocycles. The van der Waals surface area contributed by atoms with Gasteiger partial charge in [0.25, 0.3) is 5.91 Å². The Labute approximate surface area is 97.3 Å². The third-order valence-corrected chi connectivity index (χ3v) is 2.00. The van der Waals surface area contributed by atoms with Crippen molar-refractivity contribution in [1.29, 1.82) is 5.26 Å². The van der Waals surface area contributed by atoms with E-state index in [9.17, 15) is 13.6 Å². The molecule has 0 N–H and O–H groups in total. The monoisotopic (exact) mass is 234 g/mol. The molecule has 1 amide bonds. The molecule has 0 spiro atoms. The van der Waals surface area contributed by atoms with Crippen molar-refractivity contribution in [3.63, 3.8) is 0 Å². The molecule has 0 heterocycles. The number of amides is 1. The molecule has 0 unspecified atom stereocenters. The Balaban J connectivity index is 2.98. The van der Waals surface area contributed by atoms with Crippen LogP contribution < -0.4 is 0 Å². The topological polar surface area (TPSA) is 44.1 Å². The molecule has 0 aliphatic rings. The lowest BCUT2D eigenvalue weighted by molar-refractivity contribution is 0.0795. The summed E-state index contributed by atoms with van der Waals surface area (Å²) in [5, 5.41) is 8.51. The van der Waals surface area contributed by atoms with E-state index < -0.39 is 17.5 Å².